The van der Waals surface area contributed by atoms with E-state index >= 15 is 0 Å². The van der Waals surface area contributed by atoms with E-state index in [1.807, 2.05) is 6.07 Å². The van der Waals surface area contributed by atoms with Gasteiger partial charge >= 0.3 is 0 Å². The van der Waals surface area contributed by atoms with E-state index in [-0.39, 0.29) is 0 Å². The lowest BCUT2D eigenvalue weighted by atomic mass is 10.2. The maximum Gasteiger partial charge on any atom is 0.0896 e. The number of hydrogen-bond donors (Lipinski definition) is 0. The minimum absolute atomic E-state index is 0.659. The summed E-state index contributed by atoms with van der Waals surface area (Å²) in [6, 6.07) is 4.87. The topological polar surface area (TPSA) is 22.1 Å². The van der Waals surface area contributed by atoms with Crippen LogP contribution in [0.4, 0.5) is 0 Å². The highest BCUT2D eigenvalue weighted by atomic mass is 16.5. The molecule has 0 spiro atoms. The summed E-state index contributed by atoms with van der Waals surface area (Å²) < 4.78 is 5.12. The Balaban J connectivity index is 2.54. The Morgan fingerprint density at radius 1 is 1.56 bits per heavy atom. The molecule has 0 atom stereocenters. The first-order chi connectivity index (χ1) is 4.47. The molecule has 2 heteroatoms. The fraction of sp³-hybridized carbons (Fsp3) is 0.286. The molecule has 1 aromatic heterocycles. The molecule has 0 amide bonds. The van der Waals surface area contributed by atoms with Gasteiger partial charge in [0.05, 0.1) is 18.9 Å². The van der Waals surface area contributed by atoms with Crippen molar-refractivity contribution in [1.29, 1.82) is 0 Å². The SMILES string of the molecule is [c]1ccnc2c1COC2. The molecule has 2 heterocycles. The molecular formula is C7H6NO. The monoisotopic (exact) mass is 120 g/mol. The van der Waals surface area contributed by atoms with Gasteiger partial charge in [0.25, 0.3) is 0 Å². The van der Waals surface area contributed by atoms with Crippen molar-refractivity contribution in [3.8, 4) is 0 Å². The summed E-state index contributed by atoms with van der Waals surface area (Å²) in [4.78, 5) is 4.10. The quantitative estimate of drug-likeness (QED) is 0.507. The molecule has 0 fully saturated rings. The normalized spacial score (nSPS) is 15.6. The third-order valence-electron chi connectivity index (χ3n) is 1.40. The van der Waals surface area contributed by atoms with Crippen molar-refractivity contribution >= 4 is 0 Å². The number of rotatable bonds is 0. The Kier molecular flexibility index (Phi) is 0.993. The minimum atomic E-state index is 0.659. The summed E-state index contributed by atoms with van der Waals surface area (Å²) in [5, 5.41) is 0. The molecule has 45 valence electrons. The molecule has 9 heavy (non-hydrogen) atoms. The van der Waals surface area contributed by atoms with Gasteiger partial charge in [0.15, 0.2) is 0 Å². The average molecular weight is 120 g/mol. The highest BCUT2D eigenvalue weighted by Gasteiger charge is 2.09. The van der Waals surface area contributed by atoms with E-state index in [0.717, 1.165) is 11.3 Å². The molecule has 1 aliphatic heterocycles. The van der Waals surface area contributed by atoms with Crippen molar-refractivity contribution in [2.24, 2.45) is 0 Å². The lowest BCUT2D eigenvalue weighted by molar-refractivity contribution is 0.133. The van der Waals surface area contributed by atoms with Crippen LogP contribution in [0.3, 0.4) is 0 Å². The Labute approximate surface area is 53.5 Å². The average Bonchev–Trinajstić information content (AvgIpc) is 2.33. The second kappa shape index (κ2) is 1.81. The molecule has 2 nitrogen and oxygen atoms in total. The molecule has 0 saturated carbocycles. The predicted octanol–water partition coefficient (Wildman–Crippen LogP) is 0.912. The van der Waals surface area contributed by atoms with Crippen LogP contribution in [0, 0.1) is 6.07 Å². The molecule has 1 radical (unpaired) electrons. The van der Waals surface area contributed by atoms with Crippen LogP contribution in [0.2, 0.25) is 0 Å². The summed E-state index contributed by atoms with van der Waals surface area (Å²) >= 11 is 0. The lowest BCUT2D eigenvalue weighted by Crippen LogP contribution is -1.84. The molecule has 2 rings (SSSR count). The van der Waals surface area contributed by atoms with Crippen LogP contribution >= 0.6 is 0 Å². The van der Waals surface area contributed by atoms with Crippen molar-refractivity contribution in [1.82, 2.24) is 4.98 Å². The zero-order valence-corrected chi connectivity index (χ0v) is 4.92. The molecule has 1 aromatic rings. The van der Waals surface area contributed by atoms with Gasteiger partial charge in [-0.15, -0.1) is 0 Å². The number of pyridine rings is 1. The van der Waals surface area contributed by atoms with Gasteiger partial charge in [-0.3, -0.25) is 4.98 Å². The minimum Gasteiger partial charge on any atom is -0.370 e. The van der Waals surface area contributed by atoms with Crippen molar-refractivity contribution in [2.45, 2.75) is 13.2 Å². The molecule has 0 saturated heterocycles. The highest BCUT2D eigenvalue weighted by molar-refractivity contribution is 5.19. The van der Waals surface area contributed by atoms with E-state index in [4.69, 9.17) is 4.74 Å². The molecule has 0 bridgehead atoms. The van der Waals surface area contributed by atoms with Gasteiger partial charge in [0.2, 0.25) is 0 Å². The second-order valence-corrected chi connectivity index (χ2v) is 2.01. The van der Waals surface area contributed by atoms with Crippen LogP contribution in [0.5, 0.6) is 0 Å². The van der Waals surface area contributed by atoms with Crippen LogP contribution < -0.4 is 0 Å². The van der Waals surface area contributed by atoms with E-state index in [0.29, 0.717) is 13.2 Å². The van der Waals surface area contributed by atoms with Gasteiger partial charge in [-0.2, -0.15) is 0 Å². The first kappa shape index (κ1) is 4.94. The van der Waals surface area contributed by atoms with Gasteiger partial charge in [0.1, 0.15) is 0 Å². The van der Waals surface area contributed by atoms with Crippen molar-refractivity contribution in [2.75, 3.05) is 0 Å². The van der Waals surface area contributed by atoms with E-state index in [2.05, 4.69) is 11.1 Å². The van der Waals surface area contributed by atoms with Crippen LogP contribution in [-0.2, 0) is 18.0 Å². The van der Waals surface area contributed by atoms with Crippen molar-refractivity contribution in [3.63, 3.8) is 0 Å². The fourth-order valence-electron chi connectivity index (χ4n) is 0.925. The zero-order valence-electron chi connectivity index (χ0n) is 4.92. The van der Waals surface area contributed by atoms with E-state index in [9.17, 15) is 0 Å². The third kappa shape index (κ3) is 0.715. The van der Waals surface area contributed by atoms with Crippen LogP contribution in [-0.4, -0.2) is 4.98 Å². The lowest BCUT2D eigenvalue weighted by Gasteiger charge is -1.88. The Bertz CT molecular complexity index is 199. The summed E-state index contributed by atoms with van der Waals surface area (Å²) in [7, 11) is 0. The summed E-state index contributed by atoms with van der Waals surface area (Å²) in [5.74, 6) is 0. The van der Waals surface area contributed by atoms with Crippen LogP contribution in [0.1, 0.15) is 11.3 Å². The third-order valence-corrected chi connectivity index (χ3v) is 1.40. The molecule has 0 aliphatic carbocycles. The number of nitrogens with zero attached hydrogens (tertiary/aromatic N) is 1. The maximum absolute atomic E-state index is 5.12. The van der Waals surface area contributed by atoms with Gasteiger partial charge in [-0.05, 0) is 12.1 Å². The number of ether oxygens (including phenoxy) is 1. The first-order valence-corrected chi connectivity index (χ1v) is 2.89. The van der Waals surface area contributed by atoms with Gasteiger partial charge < -0.3 is 4.74 Å². The predicted molar refractivity (Wildman–Crippen MR) is 31.6 cm³/mol. The second-order valence-electron chi connectivity index (χ2n) is 2.01. The highest BCUT2D eigenvalue weighted by Crippen LogP contribution is 2.14. The molecule has 1 aliphatic rings. The van der Waals surface area contributed by atoms with Gasteiger partial charge in [0, 0.05) is 11.8 Å². The van der Waals surface area contributed by atoms with Gasteiger partial charge in [-0.25, -0.2) is 0 Å². The fourth-order valence-corrected chi connectivity index (χ4v) is 0.925. The maximum atomic E-state index is 5.12. The number of hydrogen-bond acceptors (Lipinski definition) is 2. The number of fused-ring (bicyclic) bond motifs is 1. The Hall–Kier alpha value is -0.890. The molecule has 0 unspecified atom stereocenters. The molecule has 0 aromatic carbocycles. The molecular weight excluding hydrogens is 114 g/mol. The van der Waals surface area contributed by atoms with Crippen molar-refractivity contribution < 1.29 is 4.74 Å². The van der Waals surface area contributed by atoms with E-state index < -0.39 is 0 Å². The smallest absolute Gasteiger partial charge is 0.0896 e. The van der Waals surface area contributed by atoms with Crippen LogP contribution in [0.25, 0.3) is 0 Å². The Morgan fingerprint density at radius 3 is 3.44 bits per heavy atom. The summed E-state index contributed by atoms with van der Waals surface area (Å²) in [6.45, 7) is 1.34. The Morgan fingerprint density at radius 2 is 2.56 bits per heavy atom. The van der Waals surface area contributed by atoms with Crippen molar-refractivity contribution in [3.05, 3.63) is 29.6 Å². The van der Waals surface area contributed by atoms with E-state index in [1.165, 1.54) is 0 Å². The van der Waals surface area contributed by atoms with Gasteiger partial charge in [-0.1, -0.05) is 0 Å². The number of aromatic nitrogens is 1. The van der Waals surface area contributed by atoms with E-state index in [1.54, 1.807) is 6.20 Å². The first-order valence-electron chi connectivity index (χ1n) is 2.89. The standard InChI is InChI=1S/C7H6NO/c1-2-6-4-9-5-7(6)8-3-1/h1,3H,4-5H2. The summed E-state index contributed by atoms with van der Waals surface area (Å²) in [6.07, 6.45) is 1.74. The molecule has 0 N–H and O–H groups in total. The summed E-state index contributed by atoms with van der Waals surface area (Å²) in [5.41, 5.74) is 2.15. The zero-order chi connectivity index (χ0) is 6.10. The van der Waals surface area contributed by atoms with Crippen LogP contribution in [0.15, 0.2) is 12.3 Å². The largest absolute Gasteiger partial charge is 0.370 e.